The minimum atomic E-state index is -0.957. The summed E-state index contributed by atoms with van der Waals surface area (Å²) in [6.45, 7) is 7.46. The number of thiophene rings is 1. The first-order valence-corrected chi connectivity index (χ1v) is 9.70. The second-order valence-electron chi connectivity index (χ2n) is 7.24. The monoisotopic (exact) mass is 388 g/mol. The van der Waals surface area contributed by atoms with Crippen LogP contribution in [0, 0.1) is 0 Å². The molecular weight excluding hydrogens is 364 g/mol. The summed E-state index contributed by atoms with van der Waals surface area (Å²) in [6.07, 6.45) is -0.554. The number of anilines is 1. The zero-order chi connectivity index (χ0) is 19.8. The molecule has 7 heteroatoms. The number of rotatable bonds is 5. The van der Waals surface area contributed by atoms with Crippen molar-refractivity contribution in [1.29, 1.82) is 0 Å². The summed E-state index contributed by atoms with van der Waals surface area (Å²) in [5.41, 5.74) is 6.48. The number of fused-ring (bicyclic) bond motifs is 1. The molecule has 0 bridgehead atoms. The third kappa shape index (κ3) is 3.99. The predicted molar refractivity (Wildman–Crippen MR) is 105 cm³/mol. The van der Waals surface area contributed by atoms with Crippen LogP contribution in [0.5, 0.6) is 5.75 Å². The summed E-state index contributed by atoms with van der Waals surface area (Å²) in [5, 5.41) is 4.76. The van der Waals surface area contributed by atoms with Gasteiger partial charge in [-0.25, -0.2) is 4.79 Å². The number of hydrogen-bond acceptors (Lipinski definition) is 6. The van der Waals surface area contributed by atoms with E-state index >= 15 is 0 Å². The normalized spacial score (nSPS) is 18.7. The number of nitrogens with two attached hydrogens (primary N) is 1. The Labute approximate surface area is 162 Å². The van der Waals surface area contributed by atoms with Crippen molar-refractivity contribution in [1.82, 2.24) is 0 Å². The zero-order valence-electron chi connectivity index (χ0n) is 15.8. The van der Waals surface area contributed by atoms with E-state index in [0.717, 1.165) is 4.88 Å². The average Bonchev–Trinajstić information content (AvgIpc) is 3.15. The van der Waals surface area contributed by atoms with E-state index < -0.39 is 23.7 Å². The van der Waals surface area contributed by atoms with Gasteiger partial charge in [0.1, 0.15) is 17.4 Å². The lowest BCUT2D eigenvalue weighted by Gasteiger charge is -2.32. The highest BCUT2D eigenvalue weighted by Gasteiger charge is 2.34. The molecule has 1 aromatic carbocycles. The minimum Gasteiger partial charge on any atom is -0.479 e. The van der Waals surface area contributed by atoms with Gasteiger partial charge in [0.05, 0.1) is 5.69 Å². The summed E-state index contributed by atoms with van der Waals surface area (Å²) >= 11 is 1.63. The number of nitrogens with one attached hydrogen (secondary N) is 1. The fraction of sp³-hybridized carbons (Fsp3) is 0.400. The Bertz CT molecular complexity index is 848. The average molecular weight is 388 g/mol. The quantitative estimate of drug-likeness (QED) is 0.764. The van der Waals surface area contributed by atoms with Crippen LogP contribution in [0.4, 0.5) is 5.69 Å². The second kappa shape index (κ2) is 7.32. The molecule has 144 valence electrons. The number of amides is 1. The number of hydrogen-bond donors (Lipinski definition) is 2. The van der Waals surface area contributed by atoms with Gasteiger partial charge in [-0.3, -0.25) is 4.79 Å². The van der Waals surface area contributed by atoms with Crippen LogP contribution >= 0.6 is 11.3 Å². The van der Waals surface area contributed by atoms with Gasteiger partial charge in [0.15, 0.2) is 6.10 Å². The maximum Gasteiger partial charge on any atom is 0.328 e. The molecule has 1 aliphatic rings. The Hall–Kier alpha value is -2.38. The molecule has 0 saturated carbocycles. The predicted octanol–water partition coefficient (Wildman–Crippen LogP) is 3.59. The van der Waals surface area contributed by atoms with Crippen LogP contribution < -0.4 is 15.8 Å². The highest BCUT2D eigenvalue weighted by atomic mass is 32.1. The van der Waals surface area contributed by atoms with Crippen molar-refractivity contribution in [2.24, 2.45) is 5.73 Å². The van der Waals surface area contributed by atoms with Crippen molar-refractivity contribution >= 4 is 28.9 Å². The molecule has 0 saturated heterocycles. The largest absolute Gasteiger partial charge is 0.479 e. The lowest BCUT2D eigenvalue weighted by molar-refractivity contribution is -0.160. The van der Waals surface area contributed by atoms with E-state index in [1.807, 2.05) is 38.3 Å². The zero-order valence-corrected chi connectivity index (χ0v) is 16.6. The van der Waals surface area contributed by atoms with Gasteiger partial charge in [0.2, 0.25) is 0 Å². The molecule has 3 atom stereocenters. The Kier molecular flexibility index (Phi) is 5.26. The molecule has 1 aromatic heterocycles. The van der Waals surface area contributed by atoms with Gasteiger partial charge in [-0.05, 0) is 49.9 Å². The molecule has 3 N–H and O–H groups in total. The molecule has 27 heavy (non-hydrogen) atoms. The Balaban J connectivity index is 1.74. The number of carbonyl (C=O) groups excluding carboxylic acids is 2. The molecule has 6 nitrogen and oxygen atoms in total. The van der Waals surface area contributed by atoms with Gasteiger partial charge in [-0.15, -0.1) is 11.3 Å². The lowest BCUT2D eigenvalue weighted by atomic mass is 9.91. The van der Waals surface area contributed by atoms with Crippen molar-refractivity contribution in [3.05, 3.63) is 46.2 Å². The first-order valence-electron chi connectivity index (χ1n) is 8.82. The molecule has 0 radical (unpaired) electrons. The molecule has 0 aliphatic carbocycles. The smallest absolute Gasteiger partial charge is 0.328 e. The molecule has 3 rings (SSSR count). The molecule has 2 heterocycles. The Morgan fingerprint density at radius 2 is 2.11 bits per heavy atom. The summed E-state index contributed by atoms with van der Waals surface area (Å²) in [6, 6.07) is 8.11. The Morgan fingerprint density at radius 1 is 1.37 bits per heavy atom. The van der Waals surface area contributed by atoms with E-state index in [1.165, 1.54) is 0 Å². The minimum absolute atomic E-state index is 0.0337. The van der Waals surface area contributed by atoms with Gasteiger partial charge < -0.3 is 20.5 Å². The van der Waals surface area contributed by atoms with E-state index in [0.29, 0.717) is 17.0 Å². The number of esters is 1. The van der Waals surface area contributed by atoms with Crippen molar-refractivity contribution < 1.29 is 19.1 Å². The third-order valence-corrected chi connectivity index (χ3v) is 5.98. The van der Waals surface area contributed by atoms with Gasteiger partial charge in [-0.1, -0.05) is 19.1 Å². The molecule has 1 amide bonds. The van der Waals surface area contributed by atoms with Gasteiger partial charge in [0.25, 0.3) is 5.91 Å². The maximum atomic E-state index is 12.7. The van der Waals surface area contributed by atoms with Crippen LogP contribution in [0.3, 0.4) is 0 Å². The number of carbonyl (C=O) groups is 2. The Morgan fingerprint density at radius 3 is 2.78 bits per heavy atom. The SMILES string of the molecule is CC1Oc2ccc(C(N)C(=O)OC(C)(C)C(C)c3cccs3)cc2NC1=O. The molecule has 1 aliphatic heterocycles. The molecule has 2 aromatic rings. The topological polar surface area (TPSA) is 90.7 Å². The summed E-state index contributed by atoms with van der Waals surface area (Å²) in [5.74, 6) is -0.161. The lowest BCUT2D eigenvalue weighted by Crippen LogP contribution is -2.37. The van der Waals surface area contributed by atoms with E-state index in [-0.39, 0.29) is 11.8 Å². The number of benzene rings is 1. The van der Waals surface area contributed by atoms with Gasteiger partial charge >= 0.3 is 5.97 Å². The van der Waals surface area contributed by atoms with Crippen LogP contribution in [0.2, 0.25) is 0 Å². The highest BCUT2D eigenvalue weighted by Crippen LogP contribution is 2.35. The van der Waals surface area contributed by atoms with Crippen LogP contribution in [-0.2, 0) is 14.3 Å². The first-order chi connectivity index (χ1) is 12.7. The standard InChI is InChI=1S/C20H24N2O4S/c1-11(16-6-5-9-27-16)20(3,4)26-19(24)17(21)13-7-8-15-14(10-13)22-18(23)12(2)25-15/h5-12,17H,21H2,1-4H3,(H,22,23). The van der Waals surface area contributed by atoms with Crippen LogP contribution in [0.15, 0.2) is 35.7 Å². The van der Waals surface area contributed by atoms with Crippen molar-refractivity contribution in [2.75, 3.05) is 5.32 Å². The number of ether oxygens (including phenoxy) is 2. The summed E-state index contributed by atoms with van der Waals surface area (Å²) in [4.78, 5) is 25.6. The summed E-state index contributed by atoms with van der Waals surface area (Å²) in [7, 11) is 0. The van der Waals surface area contributed by atoms with E-state index in [4.69, 9.17) is 15.2 Å². The third-order valence-electron chi connectivity index (χ3n) is 4.92. The summed E-state index contributed by atoms with van der Waals surface area (Å²) < 4.78 is 11.3. The van der Waals surface area contributed by atoms with Crippen molar-refractivity contribution in [2.45, 2.75) is 51.4 Å². The first kappa shape index (κ1) is 19.4. The fourth-order valence-corrected chi connectivity index (χ4v) is 3.81. The van der Waals surface area contributed by atoms with E-state index in [1.54, 1.807) is 36.5 Å². The van der Waals surface area contributed by atoms with Crippen LogP contribution in [0.1, 0.15) is 50.1 Å². The molecule has 0 fully saturated rings. The second-order valence-corrected chi connectivity index (χ2v) is 8.22. The van der Waals surface area contributed by atoms with Crippen molar-refractivity contribution in [3.8, 4) is 5.75 Å². The van der Waals surface area contributed by atoms with Crippen LogP contribution in [0.25, 0.3) is 0 Å². The van der Waals surface area contributed by atoms with Gasteiger partial charge in [-0.2, -0.15) is 0 Å². The molecule has 3 unspecified atom stereocenters. The van der Waals surface area contributed by atoms with Crippen LogP contribution in [-0.4, -0.2) is 23.6 Å². The highest BCUT2D eigenvalue weighted by molar-refractivity contribution is 7.10. The van der Waals surface area contributed by atoms with E-state index in [2.05, 4.69) is 5.32 Å². The fourth-order valence-electron chi connectivity index (χ4n) is 2.85. The maximum absolute atomic E-state index is 12.7. The van der Waals surface area contributed by atoms with E-state index in [9.17, 15) is 9.59 Å². The molecular formula is C20H24N2O4S. The van der Waals surface area contributed by atoms with Gasteiger partial charge in [0, 0.05) is 10.8 Å². The van der Waals surface area contributed by atoms with Crippen molar-refractivity contribution in [3.63, 3.8) is 0 Å². The molecule has 0 spiro atoms.